The Morgan fingerprint density at radius 2 is 2.00 bits per heavy atom. The molecule has 90 valence electrons. The third-order valence-electron chi connectivity index (χ3n) is 3.86. The second-order valence-electron chi connectivity index (χ2n) is 5.54. The van der Waals surface area contributed by atoms with E-state index in [4.69, 9.17) is 5.26 Å². The highest BCUT2D eigenvalue weighted by atomic mass is 15.2. The Balaban J connectivity index is 1.81. The Morgan fingerprint density at radius 3 is 2.69 bits per heavy atom. The van der Waals surface area contributed by atoms with Gasteiger partial charge in [0.25, 0.3) is 0 Å². The molecule has 1 aliphatic carbocycles. The number of hydrogen-bond donors (Lipinski definition) is 1. The summed E-state index contributed by atoms with van der Waals surface area (Å²) in [5, 5.41) is 12.5. The Morgan fingerprint density at radius 1 is 1.25 bits per heavy atom. The number of hydrogen-bond acceptors (Lipinski definition) is 3. The van der Waals surface area contributed by atoms with E-state index >= 15 is 0 Å². The molecule has 3 nitrogen and oxygen atoms in total. The number of piperidine rings is 1. The van der Waals surface area contributed by atoms with Crippen LogP contribution in [-0.2, 0) is 0 Å². The van der Waals surface area contributed by atoms with Crippen LogP contribution in [0.5, 0.6) is 0 Å². The fourth-order valence-electron chi connectivity index (χ4n) is 3.24. The van der Waals surface area contributed by atoms with Crippen LogP contribution >= 0.6 is 0 Å². The smallest absolute Gasteiger partial charge is 0.0866 e. The minimum Gasteiger partial charge on any atom is -0.310 e. The molecule has 0 aromatic carbocycles. The molecule has 0 spiro atoms. The zero-order valence-electron chi connectivity index (χ0n) is 10.3. The molecule has 2 atom stereocenters. The van der Waals surface area contributed by atoms with Crippen molar-refractivity contribution in [1.82, 2.24) is 10.2 Å². The average molecular weight is 221 g/mol. The Kier molecular flexibility index (Phi) is 4.20. The van der Waals surface area contributed by atoms with Gasteiger partial charge in [0.1, 0.15) is 0 Å². The number of nitrogens with one attached hydrogen (secondary N) is 1. The highest BCUT2D eigenvalue weighted by Gasteiger charge is 2.27. The fourth-order valence-corrected chi connectivity index (χ4v) is 3.24. The van der Waals surface area contributed by atoms with Crippen molar-refractivity contribution >= 4 is 0 Å². The van der Waals surface area contributed by atoms with Crippen molar-refractivity contribution in [3.63, 3.8) is 0 Å². The third kappa shape index (κ3) is 3.20. The van der Waals surface area contributed by atoms with Crippen LogP contribution < -0.4 is 5.32 Å². The summed E-state index contributed by atoms with van der Waals surface area (Å²) in [5.74, 6) is 0.723. The van der Waals surface area contributed by atoms with Gasteiger partial charge in [-0.15, -0.1) is 0 Å². The summed E-state index contributed by atoms with van der Waals surface area (Å²) in [5.41, 5.74) is 0. The summed E-state index contributed by atoms with van der Waals surface area (Å²) < 4.78 is 0. The highest BCUT2D eigenvalue weighted by molar-refractivity contribution is 4.89. The van der Waals surface area contributed by atoms with Gasteiger partial charge < -0.3 is 5.32 Å². The zero-order chi connectivity index (χ0) is 11.4. The highest BCUT2D eigenvalue weighted by Crippen LogP contribution is 2.21. The molecule has 16 heavy (non-hydrogen) atoms. The van der Waals surface area contributed by atoms with Gasteiger partial charge in [-0.05, 0) is 25.2 Å². The summed E-state index contributed by atoms with van der Waals surface area (Å²) >= 11 is 0. The van der Waals surface area contributed by atoms with E-state index in [1.807, 2.05) is 0 Å². The van der Waals surface area contributed by atoms with Gasteiger partial charge in [0, 0.05) is 25.2 Å². The van der Waals surface area contributed by atoms with E-state index in [2.05, 4.69) is 23.2 Å². The summed E-state index contributed by atoms with van der Waals surface area (Å²) in [6.07, 6.45) is 6.76. The largest absolute Gasteiger partial charge is 0.310 e. The van der Waals surface area contributed by atoms with E-state index in [1.165, 1.54) is 32.1 Å². The molecule has 1 saturated carbocycles. The summed E-state index contributed by atoms with van der Waals surface area (Å²) in [6, 6.07) is 3.63. The summed E-state index contributed by atoms with van der Waals surface area (Å²) in [4.78, 5) is 2.29. The van der Waals surface area contributed by atoms with Crippen LogP contribution in [0.25, 0.3) is 0 Å². The maximum Gasteiger partial charge on any atom is 0.0866 e. The predicted octanol–water partition coefficient (Wildman–Crippen LogP) is 1.75. The molecular formula is C13H23N3. The summed E-state index contributed by atoms with van der Waals surface area (Å²) in [6.45, 7) is 5.05. The minimum atomic E-state index is 0.590. The van der Waals surface area contributed by atoms with Gasteiger partial charge in [-0.25, -0.2) is 0 Å². The van der Waals surface area contributed by atoms with Gasteiger partial charge in [0.15, 0.2) is 0 Å². The van der Waals surface area contributed by atoms with Crippen LogP contribution in [0, 0.1) is 17.2 Å². The van der Waals surface area contributed by atoms with Crippen molar-refractivity contribution in [2.75, 3.05) is 19.6 Å². The van der Waals surface area contributed by atoms with Crippen LogP contribution in [0.4, 0.5) is 0 Å². The Bertz CT molecular complexity index is 252. The molecular weight excluding hydrogens is 198 g/mol. The van der Waals surface area contributed by atoms with Gasteiger partial charge >= 0.3 is 0 Å². The topological polar surface area (TPSA) is 39.1 Å². The predicted molar refractivity (Wildman–Crippen MR) is 65.0 cm³/mol. The monoisotopic (exact) mass is 221 g/mol. The van der Waals surface area contributed by atoms with Gasteiger partial charge in [0.2, 0.25) is 0 Å². The van der Waals surface area contributed by atoms with Gasteiger partial charge in [-0.3, -0.25) is 4.90 Å². The first-order valence-electron chi connectivity index (χ1n) is 6.63. The summed E-state index contributed by atoms with van der Waals surface area (Å²) in [7, 11) is 0. The molecule has 1 aliphatic heterocycles. The minimum absolute atomic E-state index is 0.590. The molecule has 0 bridgehead atoms. The lowest BCUT2D eigenvalue weighted by molar-refractivity contribution is 0.157. The molecule has 0 aromatic rings. The fraction of sp³-hybridized carbons (Fsp3) is 0.923. The van der Waals surface area contributed by atoms with Crippen molar-refractivity contribution in [3.8, 4) is 6.07 Å². The molecule has 2 fully saturated rings. The molecule has 0 radical (unpaired) electrons. The Labute approximate surface area is 98.8 Å². The van der Waals surface area contributed by atoms with E-state index in [-0.39, 0.29) is 0 Å². The van der Waals surface area contributed by atoms with Crippen molar-refractivity contribution in [1.29, 1.82) is 5.26 Å². The van der Waals surface area contributed by atoms with Crippen LogP contribution in [-0.4, -0.2) is 36.6 Å². The van der Waals surface area contributed by atoms with Crippen molar-refractivity contribution in [3.05, 3.63) is 0 Å². The SMILES string of the molecule is CC1CC(NC2CCCC2)CN(CC#N)C1. The number of likely N-dealkylation sites (tertiary alicyclic amines) is 1. The van der Waals surface area contributed by atoms with Gasteiger partial charge in [-0.2, -0.15) is 5.26 Å². The second kappa shape index (κ2) is 5.65. The van der Waals surface area contributed by atoms with E-state index < -0.39 is 0 Å². The van der Waals surface area contributed by atoms with Crippen LogP contribution in [0.3, 0.4) is 0 Å². The van der Waals surface area contributed by atoms with Crippen LogP contribution in [0.2, 0.25) is 0 Å². The molecule has 3 heteroatoms. The maximum absolute atomic E-state index is 8.76. The lowest BCUT2D eigenvalue weighted by atomic mass is 9.95. The molecule has 1 heterocycles. The molecule has 2 rings (SSSR count). The molecule has 2 unspecified atom stereocenters. The lowest BCUT2D eigenvalue weighted by Crippen LogP contribution is -2.51. The first-order valence-corrected chi connectivity index (χ1v) is 6.63. The molecule has 2 aliphatic rings. The third-order valence-corrected chi connectivity index (χ3v) is 3.86. The maximum atomic E-state index is 8.76. The normalized spacial score (nSPS) is 32.8. The lowest BCUT2D eigenvalue weighted by Gasteiger charge is -2.37. The van der Waals surface area contributed by atoms with E-state index in [0.717, 1.165) is 25.0 Å². The van der Waals surface area contributed by atoms with Gasteiger partial charge in [0.05, 0.1) is 12.6 Å². The second-order valence-corrected chi connectivity index (χ2v) is 5.54. The number of nitrogens with zero attached hydrogens (tertiary/aromatic N) is 2. The van der Waals surface area contributed by atoms with E-state index in [0.29, 0.717) is 12.6 Å². The van der Waals surface area contributed by atoms with Gasteiger partial charge in [-0.1, -0.05) is 19.8 Å². The molecule has 1 N–H and O–H groups in total. The van der Waals surface area contributed by atoms with E-state index in [9.17, 15) is 0 Å². The number of nitriles is 1. The average Bonchev–Trinajstić information content (AvgIpc) is 2.70. The van der Waals surface area contributed by atoms with Crippen molar-refractivity contribution in [2.45, 2.75) is 51.1 Å². The van der Waals surface area contributed by atoms with Crippen molar-refractivity contribution < 1.29 is 0 Å². The van der Waals surface area contributed by atoms with Crippen LogP contribution in [0.15, 0.2) is 0 Å². The first-order chi connectivity index (χ1) is 7.78. The molecule has 1 saturated heterocycles. The Hall–Kier alpha value is -0.590. The van der Waals surface area contributed by atoms with E-state index in [1.54, 1.807) is 0 Å². The molecule has 0 aromatic heterocycles. The van der Waals surface area contributed by atoms with Crippen molar-refractivity contribution in [2.24, 2.45) is 5.92 Å². The number of rotatable bonds is 3. The quantitative estimate of drug-likeness (QED) is 0.738. The molecule has 0 amide bonds. The first kappa shape index (κ1) is 11.9. The standard InChI is InChI=1S/C13H23N3/c1-11-8-13(10-16(9-11)7-6-14)15-12-4-2-3-5-12/h11-13,15H,2-5,7-10H2,1H3. The van der Waals surface area contributed by atoms with Crippen LogP contribution in [0.1, 0.15) is 39.0 Å². The zero-order valence-corrected chi connectivity index (χ0v) is 10.3.